The van der Waals surface area contributed by atoms with Crippen molar-refractivity contribution >= 4 is 5.91 Å². The molecule has 1 amide bonds. The number of rotatable bonds is 2. The lowest BCUT2D eigenvalue weighted by Crippen LogP contribution is -2.56. The van der Waals surface area contributed by atoms with E-state index in [0.29, 0.717) is 5.56 Å². The highest BCUT2D eigenvalue weighted by Gasteiger charge is 2.47. The standard InChI is InChI=1S/C10H10FNO2/c11-8-4-2-1-3-7(8)10(9(12)13)5-14-6-10/h1-4H,5-6H2,(H2,12,13). The van der Waals surface area contributed by atoms with Crippen molar-refractivity contribution in [3.63, 3.8) is 0 Å². The van der Waals surface area contributed by atoms with Gasteiger partial charge in [-0.05, 0) is 6.07 Å². The zero-order valence-corrected chi connectivity index (χ0v) is 7.50. The van der Waals surface area contributed by atoms with E-state index in [0.717, 1.165) is 0 Å². The molecule has 0 unspecified atom stereocenters. The van der Waals surface area contributed by atoms with Gasteiger partial charge in [0.1, 0.15) is 11.2 Å². The van der Waals surface area contributed by atoms with Crippen molar-refractivity contribution in [1.82, 2.24) is 0 Å². The predicted molar refractivity (Wildman–Crippen MR) is 48.1 cm³/mol. The van der Waals surface area contributed by atoms with Gasteiger partial charge in [0.15, 0.2) is 0 Å². The Morgan fingerprint density at radius 3 is 2.50 bits per heavy atom. The van der Waals surface area contributed by atoms with Crippen molar-refractivity contribution in [3.05, 3.63) is 35.6 Å². The fourth-order valence-electron chi connectivity index (χ4n) is 1.59. The molecule has 1 saturated heterocycles. The quantitative estimate of drug-likeness (QED) is 0.750. The summed E-state index contributed by atoms with van der Waals surface area (Å²) in [4.78, 5) is 11.2. The first-order chi connectivity index (χ1) is 6.67. The van der Waals surface area contributed by atoms with Crippen LogP contribution in [-0.4, -0.2) is 19.1 Å². The summed E-state index contributed by atoms with van der Waals surface area (Å²) in [7, 11) is 0. The molecule has 4 heteroatoms. The van der Waals surface area contributed by atoms with E-state index in [2.05, 4.69) is 0 Å². The molecule has 0 atom stereocenters. The molecule has 74 valence electrons. The summed E-state index contributed by atoms with van der Waals surface area (Å²) < 4.78 is 18.3. The fourth-order valence-corrected chi connectivity index (χ4v) is 1.59. The van der Waals surface area contributed by atoms with Crippen molar-refractivity contribution < 1.29 is 13.9 Å². The zero-order valence-electron chi connectivity index (χ0n) is 7.50. The van der Waals surface area contributed by atoms with Crippen molar-refractivity contribution in [2.75, 3.05) is 13.2 Å². The molecule has 0 aromatic heterocycles. The number of carbonyl (C=O) groups excluding carboxylic acids is 1. The molecule has 1 heterocycles. The number of halogens is 1. The van der Waals surface area contributed by atoms with Crippen LogP contribution in [0.25, 0.3) is 0 Å². The van der Waals surface area contributed by atoms with Crippen molar-refractivity contribution in [2.45, 2.75) is 5.41 Å². The minimum Gasteiger partial charge on any atom is -0.378 e. The molecule has 0 radical (unpaired) electrons. The van der Waals surface area contributed by atoms with Crippen molar-refractivity contribution in [3.8, 4) is 0 Å². The number of nitrogens with two attached hydrogens (primary N) is 1. The van der Waals surface area contributed by atoms with Crippen LogP contribution in [0.4, 0.5) is 4.39 Å². The molecule has 14 heavy (non-hydrogen) atoms. The Morgan fingerprint density at radius 2 is 2.07 bits per heavy atom. The third kappa shape index (κ3) is 1.11. The molecule has 2 rings (SSSR count). The summed E-state index contributed by atoms with van der Waals surface area (Å²) in [6, 6.07) is 6.15. The van der Waals surface area contributed by atoms with Crippen LogP contribution in [0, 0.1) is 5.82 Å². The van der Waals surface area contributed by atoms with Crippen LogP contribution in [0.3, 0.4) is 0 Å². The number of hydrogen-bond acceptors (Lipinski definition) is 2. The second kappa shape index (κ2) is 3.06. The summed E-state index contributed by atoms with van der Waals surface area (Å²) in [6.45, 7) is 0.340. The number of primary amides is 1. The molecule has 0 aliphatic carbocycles. The van der Waals surface area contributed by atoms with Gasteiger partial charge in [0, 0.05) is 5.56 Å². The fraction of sp³-hybridized carbons (Fsp3) is 0.300. The van der Waals surface area contributed by atoms with Gasteiger partial charge in [-0.3, -0.25) is 4.79 Å². The first kappa shape index (κ1) is 9.15. The van der Waals surface area contributed by atoms with Crippen molar-refractivity contribution in [1.29, 1.82) is 0 Å². The largest absolute Gasteiger partial charge is 0.378 e. The van der Waals surface area contributed by atoms with Gasteiger partial charge in [0.25, 0.3) is 0 Å². The first-order valence-corrected chi connectivity index (χ1v) is 4.29. The topological polar surface area (TPSA) is 52.3 Å². The smallest absolute Gasteiger partial charge is 0.232 e. The molecular formula is C10H10FNO2. The van der Waals surface area contributed by atoms with Crippen LogP contribution in [0.15, 0.2) is 24.3 Å². The van der Waals surface area contributed by atoms with Gasteiger partial charge < -0.3 is 10.5 Å². The van der Waals surface area contributed by atoms with Gasteiger partial charge in [-0.25, -0.2) is 4.39 Å². The SMILES string of the molecule is NC(=O)C1(c2ccccc2F)COC1. The Hall–Kier alpha value is -1.42. The highest BCUT2D eigenvalue weighted by atomic mass is 19.1. The Balaban J connectivity index is 2.47. The number of amides is 1. The second-order valence-electron chi connectivity index (χ2n) is 3.42. The van der Waals surface area contributed by atoms with E-state index in [1.54, 1.807) is 18.2 Å². The molecule has 1 aromatic rings. The van der Waals surface area contributed by atoms with Crippen LogP contribution in [0.2, 0.25) is 0 Å². The third-order valence-electron chi connectivity index (χ3n) is 2.56. The molecule has 0 saturated carbocycles. The minimum atomic E-state index is -0.953. The molecule has 2 N–H and O–H groups in total. The summed E-state index contributed by atoms with van der Waals surface area (Å²) in [5.41, 5.74) is 4.63. The lowest BCUT2D eigenvalue weighted by atomic mass is 9.78. The van der Waals surface area contributed by atoms with Crippen LogP contribution >= 0.6 is 0 Å². The second-order valence-corrected chi connectivity index (χ2v) is 3.42. The molecule has 3 nitrogen and oxygen atoms in total. The number of carbonyl (C=O) groups is 1. The Morgan fingerprint density at radius 1 is 1.43 bits per heavy atom. The monoisotopic (exact) mass is 195 g/mol. The highest BCUT2D eigenvalue weighted by Crippen LogP contribution is 2.33. The van der Waals surface area contributed by atoms with Gasteiger partial charge in [0.05, 0.1) is 13.2 Å². The number of benzene rings is 1. The normalized spacial score (nSPS) is 18.6. The molecular weight excluding hydrogens is 185 g/mol. The molecule has 1 aliphatic rings. The van der Waals surface area contributed by atoms with E-state index in [-0.39, 0.29) is 13.2 Å². The van der Waals surface area contributed by atoms with E-state index in [1.165, 1.54) is 6.07 Å². The maximum atomic E-state index is 13.4. The third-order valence-corrected chi connectivity index (χ3v) is 2.56. The average molecular weight is 195 g/mol. The van der Waals surface area contributed by atoms with Crippen LogP contribution in [0.1, 0.15) is 5.56 Å². The van der Waals surface area contributed by atoms with E-state index in [4.69, 9.17) is 10.5 Å². The number of ether oxygens (including phenoxy) is 1. The molecule has 0 bridgehead atoms. The minimum absolute atomic E-state index is 0.170. The molecule has 1 aromatic carbocycles. The lowest BCUT2D eigenvalue weighted by Gasteiger charge is -2.38. The average Bonchev–Trinajstić information content (AvgIpc) is 2.05. The molecule has 1 aliphatic heterocycles. The summed E-state index contributed by atoms with van der Waals surface area (Å²) in [5, 5.41) is 0. The van der Waals surface area contributed by atoms with Gasteiger partial charge >= 0.3 is 0 Å². The maximum absolute atomic E-state index is 13.4. The molecule has 0 spiro atoms. The van der Waals surface area contributed by atoms with Gasteiger partial charge in [-0.2, -0.15) is 0 Å². The van der Waals surface area contributed by atoms with Crippen LogP contribution in [0.5, 0.6) is 0 Å². The van der Waals surface area contributed by atoms with Gasteiger partial charge in [-0.1, -0.05) is 18.2 Å². The molecule has 1 fully saturated rings. The maximum Gasteiger partial charge on any atom is 0.232 e. The lowest BCUT2D eigenvalue weighted by molar-refractivity contribution is -0.142. The van der Waals surface area contributed by atoms with E-state index < -0.39 is 17.1 Å². The van der Waals surface area contributed by atoms with E-state index >= 15 is 0 Å². The Kier molecular flexibility index (Phi) is 2.00. The zero-order chi connectivity index (χ0) is 10.2. The summed E-state index contributed by atoms with van der Waals surface area (Å²) >= 11 is 0. The Labute approximate surface area is 80.7 Å². The first-order valence-electron chi connectivity index (χ1n) is 4.29. The summed E-state index contributed by atoms with van der Waals surface area (Å²) in [6.07, 6.45) is 0. The van der Waals surface area contributed by atoms with Crippen molar-refractivity contribution in [2.24, 2.45) is 5.73 Å². The Bertz CT molecular complexity index is 374. The van der Waals surface area contributed by atoms with Crippen LogP contribution < -0.4 is 5.73 Å². The predicted octanol–water partition coefficient (Wildman–Crippen LogP) is 0.579. The highest BCUT2D eigenvalue weighted by molar-refractivity contribution is 5.88. The van der Waals surface area contributed by atoms with Gasteiger partial charge in [0.2, 0.25) is 5.91 Å². The van der Waals surface area contributed by atoms with Crippen LogP contribution in [-0.2, 0) is 14.9 Å². The van der Waals surface area contributed by atoms with E-state index in [9.17, 15) is 9.18 Å². The summed E-state index contributed by atoms with van der Waals surface area (Å²) in [5.74, 6) is -0.941. The number of hydrogen-bond donors (Lipinski definition) is 1. The van der Waals surface area contributed by atoms with E-state index in [1.807, 2.05) is 0 Å². The van der Waals surface area contributed by atoms with Gasteiger partial charge in [-0.15, -0.1) is 0 Å².